The van der Waals surface area contributed by atoms with Crippen molar-refractivity contribution in [3.63, 3.8) is 0 Å². The van der Waals surface area contributed by atoms with Gasteiger partial charge in [-0.15, -0.1) is 11.3 Å². The molecule has 2 nitrogen and oxygen atoms in total. The standard InChI is InChI=1S/C11H17F3N2S/c1-4-15-8(3)5-7(2)9-6-16-10(17-9)11(12,13)14/h6-8,15H,4-5H2,1-3H3. The van der Waals surface area contributed by atoms with Gasteiger partial charge in [0.25, 0.3) is 0 Å². The lowest BCUT2D eigenvalue weighted by Gasteiger charge is -2.16. The lowest BCUT2D eigenvalue weighted by Crippen LogP contribution is -2.26. The highest BCUT2D eigenvalue weighted by Crippen LogP contribution is 2.35. The van der Waals surface area contributed by atoms with Crippen molar-refractivity contribution in [3.8, 4) is 0 Å². The van der Waals surface area contributed by atoms with E-state index < -0.39 is 11.2 Å². The Morgan fingerprint density at radius 2 is 2.06 bits per heavy atom. The van der Waals surface area contributed by atoms with E-state index in [4.69, 9.17) is 0 Å². The van der Waals surface area contributed by atoms with Crippen molar-refractivity contribution in [2.24, 2.45) is 0 Å². The first-order valence-electron chi connectivity index (χ1n) is 5.60. The highest BCUT2D eigenvalue weighted by atomic mass is 32.1. The predicted molar refractivity (Wildman–Crippen MR) is 63.3 cm³/mol. The lowest BCUT2D eigenvalue weighted by atomic mass is 10.0. The van der Waals surface area contributed by atoms with E-state index >= 15 is 0 Å². The zero-order valence-electron chi connectivity index (χ0n) is 10.1. The third-order valence-electron chi connectivity index (χ3n) is 2.51. The smallest absolute Gasteiger partial charge is 0.315 e. The summed E-state index contributed by atoms with van der Waals surface area (Å²) in [5.74, 6) is 0.0950. The molecule has 0 amide bonds. The zero-order valence-corrected chi connectivity index (χ0v) is 11.0. The van der Waals surface area contributed by atoms with Gasteiger partial charge in [0, 0.05) is 17.1 Å². The highest BCUT2D eigenvalue weighted by molar-refractivity contribution is 7.11. The van der Waals surface area contributed by atoms with Crippen LogP contribution in [0.25, 0.3) is 0 Å². The van der Waals surface area contributed by atoms with Crippen molar-refractivity contribution < 1.29 is 13.2 Å². The molecule has 0 bridgehead atoms. The zero-order chi connectivity index (χ0) is 13.1. The molecule has 17 heavy (non-hydrogen) atoms. The van der Waals surface area contributed by atoms with Gasteiger partial charge in [-0.3, -0.25) is 0 Å². The van der Waals surface area contributed by atoms with Gasteiger partial charge in [0.15, 0.2) is 5.01 Å². The Labute approximate surface area is 103 Å². The summed E-state index contributed by atoms with van der Waals surface area (Å²) in [4.78, 5) is 4.13. The number of rotatable bonds is 5. The predicted octanol–water partition coefficient (Wildman–Crippen LogP) is 3.65. The minimum absolute atomic E-state index is 0.0950. The molecular weight excluding hydrogens is 249 g/mol. The fourth-order valence-electron chi connectivity index (χ4n) is 1.72. The van der Waals surface area contributed by atoms with Gasteiger partial charge in [-0.25, -0.2) is 4.98 Å². The molecule has 2 unspecified atom stereocenters. The summed E-state index contributed by atoms with van der Waals surface area (Å²) in [6.45, 7) is 6.84. The van der Waals surface area contributed by atoms with E-state index in [1.165, 1.54) is 6.20 Å². The van der Waals surface area contributed by atoms with Crippen LogP contribution in [-0.2, 0) is 6.18 Å². The van der Waals surface area contributed by atoms with Crippen LogP contribution in [0.4, 0.5) is 13.2 Å². The second kappa shape index (κ2) is 5.82. The van der Waals surface area contributed by atoms with Crippen LogP contribution in [0.3, 0.4) is 0 Å². The van der Waals surface area contributed by atoms with E-state index in [9.17, 15) is 13.2 Å². The summed E-state index contributed by atoms with van der Waals surface area (Å²) in [7, 11) is 0. The Morgan fingerprint density at radius 1 is 1.41 bits per heavy atom. The van der Waals surface area contributed by atoms with Gasteiger partial charge in [0.1, 0.15) is 0 Å². The third-order valence-corrected chi connectivity index (χ3v) is 3.79. The second-order valence-corrected chi connectivity index (χ2v) is 5.22. The van der Waals surface area contributed by atoms with Crippen LogP contribution in [0, 0.1) is 0 Å². The fourth-order valence-corrected chi connectivity index (χ4v) is 2.57. The van der Waals surface area contributed by atoms with Crippen molar-refractivity contribution in [1.29, 1.82) is 0 Å². The average molecular weight is 266 g/mol. The maximum atomic E-state index is 12.4. The molecule has 1 N–H and O–H groups in total. The first-order chi connectivity index (χ1) is 7.84. The molecule has 1 aromatic heterocycles. The Morgan fingerprint density at radius 3 is 2.53 bits per heavy atom. The summed E-state index contributed by atoms with van der Waals surface area (Å²) in [5, 5.41) is 2.49. The van der Waals surface area contributed by atoms with Crippen LogP contribution in [0.2, 0.25) is 0 Å². The number of halogens is 3. The van der Waals surface area contributed by atoms with Crippen molar-refractivity contribution in [3.05, 3.63) is 16.1 Å². The van der Waals surface area contributed by atoms with Gasteiger partial charge in [-0.2, -0.15) is 13.2 Å². The summed E-state index contributed by atoms with van der Waals surface area (Å²) in [6.07, 6.45) is -2.17. The first kappa shape index (κ1) is 14.4. The highest BCUT2D eigenvalue weighted by Gasteiger charge is 2.35. The van der Waals surface area contributed by atoms with Crippen molar-refractivity contribution in [2.75, 3.05) is 6.54 Å². The summed E-state index contributed by atoms with van der Waals surface area (Å²) in [6, 6.07) is 0.298. The molecule has 98 valence electrons. The van der Waals surface area contributed by atoms with E-state index in [0.717, 1.165) is 24.3 Å². The quantitative estimate of drug-likeness (QED) is 0.880. The number of alkyl halides is 3. The monoisotopic (exact) mass is 266 g/mol. The van der Waals surface area contributed by atoms with Gasteiger partial charge in [0.05, 0.1) is 0 Å². The SMILES string of the molecule is CCNC(C)CC(C)c1cnc(C(F)(F)F)s1. The number of aromatic nitrogens is 1. The molecule has 0 fully saturated rings. The minimum atomic E-state index is -4.32. The summed E-state index contributed by atoms with van der Waals surface area (Å²) < 4.78 is 37.2. The maximum absolute atomic E-state index is 12.4. The molecule has 6 heteroatoms. The number of nitrogens with one attached hydrogen (secondary N) is 1. The molecule has 0 aliphatic heterocycles. The Kier molecular flexibility index (Phi) is 4.94. The summed E-state index contributed by atoms with van der Waals surface area (Å²) >= 11 is 0.744. The third kappa shape index (κ3) is 4.27. The maximum Gasteiger partial charge on any atom is 0.443 e. The van der Waals surface area contributed by atoms with Gasteiger partial charge in [-0.1, -0.05) is 13.8 Å². The molecule has 0 aromatic carbocycles. The lowest BCUT2D eigenvalue weighted by molar-refractivity contribution is -0.137. The molecule has 0 radical (unpaired) electrons. The van der Waals surface area contributed by atoms with E-state index in [1.807, 2.05) is 20.8 Å². The van der Waals surface area contributed by atoms with Crippen molar-refractivity contribution in [2.45, 2.75) is 45.3 Å². The van der Waals surface area contributed by atoms with E-state index in [2.05, 4.69) is 10.3 Å². The molecule has 1 heterocycles. The Hall–Kier alpha value is -0.620. The molecule has 0 spiro atoms. The topological polar surface area (TPSA) is 24.9 Å². The van der Waals surface area contributed by atoms with E-state index in [0.29, 0.717) is 10.9 Å². The normalized spacial score (nSPS) is 15.9. The van der Waals surface area contributed by atoms with Gasteiger partial charge >= 0.3 is 6.18 Å². The van der Waals surface area contributed by atoms with Crippen LogP contribution in [0.15, 0.2) is 6.20 Å². The van der Waals surface area contributed by atoms with Gasteiger partial charge in [0.2, 0.25) is 0 Å². The van der Waals surface area contributed by atoms with Crippen LogP contribution < -0.4 is 5.32 Å². The van der Waals surface area contributed by atoms with Crippen LogP contribution >= 0.6 is 11.3 Å². The molecule has 0 aliphatic carbocycles. The largest absolute Gasteiger partial charge is 0.443 e. The van der Waals surface area contributed by atoms with E-state index in [-0.39, 0.29) is 5.92 Å². The van der Waals surface area contributed by atoms with Crippen LogP contribution in [0.5, 0.6) is 0 Å². The van der Waals surface area contributed by atoms with E-state index in [1.54, 1.807) is 0 Å². The number of hydrogen-bond acceptors (Lipinski definition) is 3. The Bertz CT molecular complexity index is 349. The van der Waals surface area contributed by atoms with Gasteiger partial charge < -0.3 is 5.32 Å². The molecular formula is C11H17F3N2S. The summed E-state index contributed by atoms with van der Waals surface area (Å²) in [5.41, 5.74) is 0. The van der Waals surface area contributed by atoms with Crippen molar-refractivity contribution in [1.82, 2.24) is 10.3 Å². The number of nitrogens with zero attached hydrogens (tertiary/aromatic N) is 1. The van der Waals surface area contributed by atoms with Gasteiger partial charge in [-0.05, 0) is 25.8 Å². The van der Waals surface area contributed by atoms with Crippen molar-refractivity contribution >= 4 is 11.3 Å². The molecule has 2 atom stereocenters. The fraction of sp³-hybridized carbons (Fsp3) is 0.727. The number of hydrogen-bond donors (Lipinski definition) is 1. The first-order valence-corrected chi connectivity index (χ1v) is 6.42. The number of thiazole rings is 1. The van der Waals surface area contributed by atoms with Crippen LogP contribution in [-0.4, -0.2) is 17.6 Å². The molecule has 0 saturated carbocycles. The molecule has 1 aromatic rings. The minimum Gasteiger partial charge on any atom is -0.315 e. The molecule has 0 aliphatic rings. The second-order valence-electron chi connectivity index (χ2n) is 4.16. The van der Waals surface area contributed by atoms with Crippen LogP contribution in [0.1, 0.15) is 43.0 Å². The molecule has 1 rings (SSSR count). The Balaban J connectivity index is 2.64. The average Bonchev–Trinajstić information content (AvgIpc) is 2.65. The molecule has 0 saturated heterocycles.